The Hall–Kier alpha value is -3.00. The smallest absolute Gasteiger partial charge is 0.224 e. The van der Waals surface area contributed by atoms with Crippen LogP contribution in [0.4, 0.5) is 4.39 Å². The first-order valence-corrected chi connectivity index (χ1v) is 10.8. The summed E-state index contributed by atoms with van der Waals surface area (Å²) < 4.78 is 17.7. The van der Waals surface area contributed by atoms with Gasteiger partial charge in [-0.05, 0) is 37.1 Å². The lowest BCUT2D eigenvalue weighted by Crippen LogP contribution is -2.46. The van der Waals surface area contributed by atoms with Gasteiger partial charge >= 0.3 is 0 Å². The van der Waals surface area contributed by atoms with E-state index in [9.17, 15) is 9.18 Å². The summed E-state index contributed by atoms with van der Waals surface area (Å²) >= 11 is 0. The molecule has 4 rings (SSSR count). The minimum Gasteiger partial charge on any atom is -0.353 e. The number of amides is 1. The van der Waals surface area contributed by atoms with Gasteiger partial charge in [0.25, 0.3) is 0 Å². The van der Waals surface area contributed by atoms with Crippen molar-refractivity contribution in [2.45, 2.75) is 38.9 Å². The lowest BCUT2D eigenvalue weighted by Gasteiger charge is -2.32. The van der Waals surface area contributed by atoms with Crippen LogP contribution in [-0.4, -0.2) is 49.5 Å². The van der Waals surface area contributed by atoms with Gasteiger partial charge in [0.2, 0.25) is 5.91 Å². The first-order chi connectivity index (χ1) is 15.0. The Balaban J connectivity index is 1.28. The molecule has 164 valence electrons. The van der Waals surface area contributed by atoms with Crippen molar-refractivity contribution in [1.29, 1.82) is 0 Å². The van der Waals surface area contributed by atoms with Crippen LogP contribution < -0.4 is 5.32 Å². The molecule has 2 aromatic heterocycles. The Bertz CT molecular complexity index is 1010. The minimum absolute atomic E-state index is 0.0788. The summed E-state index contributed by atoms with van der Waals surface area (Å²) in [5.41, 5.74) is 2.23. The Kier molecular flexibility index (Phi) is 6.46. The second-order valence-corrected chi connectivity index (χ2v) is 8.31. The van der Waals surface area contributed by atoms with Crippen LogP contribution in [0.3, 0.4) is 0 Å². The van der Waals surface area contributed by atoms with Crippen molar-refractivity contribution in [1.82, 2.24) is 29.8 Å². The molecule has 1 fully saturated rings. The minimum atomic E-state index is -0.259. The number of benzene rings is 1. The molecule has 1 N–H and O–H groups in total. The maximum atomic E-state index is 14.1. The van der Waals surface area contributed by atoms with Gasteiger partial charge in [0.05, 0.1) is 23.9 Å². The summed E-state index contributed by atoms with van der Waals surface area (Å²) in [6, 6.07) is 10.7. The van der Waals surface area contributed by atoms with Crippen molar-refractivity contribution in [3.63, 3.8) is 0 Å². The van der Waals surface area contributed by atoms with Gasteiger partial charge in [0.1, 0.15) is 5.82 Å². The number of likely N-dealkylation sites (tertiary alicyclic amines) is 1. The highest BCUT2D eigenvalue weighted by Crippen LogP contribution is 2.23. The molecule has 1 aliphatic rings. The zero-order valence-electron chi connectivity index (χ0n) is 18.0. The number of aryl methyl sites for hydroxylation is 1. The van der Waals surface area contributed by atoms with Crippen LogP contribution in [0.25, 0.3) is 11.3 Å². The number of piperidine rings is 1. The molecule has 0 radical (unpaired) electrons. The lowest BCUT2D eigenvalue weighted by molar-refractivity contribution is -0.126. The number of carbonyl (C=O) groups is 1. The fourth-order valence-corrected chi connectivity index (χ4v) is 4.03. The van der Waals surface area contributed by atoms with E-state index in [-0.39, 0.29) is 23.7 Å². The number of hydrogen-bond donors (Lipinski definition) is 1. The third-order valence-corrected chi connectivity index (χ3v) is 5.91. The Morgan fingerprint density at radius 1 is 1.26 bits per heavy atom. The van der Waals surface area contributed by atoms with Gasteiger partial charge in [-0.2, -0.15) is 10.2 Å². The van der Waals surface area contributed by atoms with Gasteiger partial charge in [-0.1, -0.05) is 19.1 Å². The van der Waals surface area contributed by atoms with Crippen LogP contribution in [0.2, 0.25) is 0 Å². The first-order valence-electron chi connectivity index (χ1n) is 10.8. The van der Waals surface area contributed by atoms with E-state index in [0.717, 1.165) is 38.2 Å². The van der Waals surface area contributed by atoms with E-state index in [4.69, 9.17) is 0 Å². The van der Waals surface area contributed by atoms with E-state index in [1.54, 1.807) is 23.0 Å². The molecular formula is C23H29FN6O. The molecule has 31 heavy (non-hydrogen) atoms. The summed E-state index contributed by atoms with van der Waals surface area (Å²) in [7, 11) is 1.90. The van der Waals surface area contributed by atoms with Crippen LogP contribution in [0.15, 0.2) is 48.8 Å². The number of nitrogens with one attached hydrogen (secondary N) is 1. The highest BCUT2D eigenvalue weighted by Gasteiger charge is 2.24. The Morgan fingerprint density at radius 2 is 2.03 bits per heavy atom. The largest absolute Gasteiger partial charge is 0.353 e. The highest BCUT2D eigenvalue weighted by molar-refractivity contribution is 5.78. The van der Waals surface area contributed by atoms with E-state index >= 15 is 0 Å². The molecule has 1 aliphatic heterocycles. The molecule has 0 unspecified atom stereocenters. The molecule has 0 bridgehead atoms. The van der Waals surface area contributed by atoms with Crippen LogP contribution in [-0.2, 0) is 24.9 Å². The zero-order valence-corrected chi connectivity index (χ0v) is 18.0. The maximum Gasteiger partial charge on any atom is 0.224 e. The average Bonchev–Trinajstić information content (AvgIpc) is 3.39. The second kappa shape index (κ2) is 9.43. The van der Waals surface area contributed by atoms with Crippen LogP contribution in [0.1, 0.15) is 25.5 Å². The first kappa shape index (κ1) is 21.2. The summed E-state index contributed by atoms with van der Waals surface area (Å²) in [6.45, 7) is 5.08. The molecule has 8 heteroatoms. The van der Waals surface area contributed by atoms with Crippen LogP contribution >= 0.6 is 0 Å². The standard InChI is InChI=1S/C23H29FN6O/c1-17(15-30-11-5-10-25-30)23(31)26-18-8-12-29(13-9-18)16-19-14-22(27-28(19)2)20-6-3-4-7-21(20)24/h3-7,10-11,14,17-18H,8-9,12-13,15-16H2,1-2H3,(H,26,31)/t17-/m0/s1. The second-order valence-electron chi connectivity index (χ2n) is 8.31. The van der Waals surface area contributed by atoms with Crippen molar-refractivity contribution in [3.8, 4) is 11.3 Å². The quantitative estimate of drug-likeness (QED) is 0.633. The molecule has 7 nitrogen and oxygen atoms in total. The molecule has 1 atom stereocenters. The molecule has 0 saturated carbocycles. The highest BCUT2D eigenvalue weighted by atomic mass is 19.1. The van der Waals surface area contributed by atoms with Crippen LogP contribution in [0, 0.1) is 11.7 Å². The third kappa shape index (κ3) is 5.19. The number of rotatable bonds is 7. The predicted octanol–water partition coefficient (Wildman–Crippen LogP) is 2.84. The monoisotopic (exact) mass is 424 g/mol. The summed E-state index contributed by atoms with van der Waals surface area (Å²) in [5, 5.41) is 11.9. The fourth-order valence-electron chi connectivity index (χ4n) is 4.03. The number of hydrogen-bond acceptors (Lipinski definition) is 4. The molecule has 0 aliphatic carbocycles. The van der Waals surface area contributed by atoms with Gasteiger partial charge in [0, 0.05) is 50.7 Å². The van der Waals surface area contributed by atoms with Crippen LogP contribution in [0.5, 0.6) is 0 Å². The topological polar surface area (TPSA) is 68.0 Å². The van der Waals surface area contributed by atoms with Crippen molar-refractivity contribution in [2.24, 2.45) is 13.0 Å². The molecule has 3 heterocycles. The zero-order chi connectivity index (χ0) is 21.8. The van der Waals surface area contributed by atoms with Crippen molar-refractivity contribution in [3.05, 3.63) is 60.3 Å². The molecular weight excluding hydrogens is 395 g/mol. The summed E-state index contributed by atoms with van der Waals surface area (Å²) in [4.78, 5) is 14.9. The molecule has 1 saturated heterocycles. The maximum absolute atomic E-state index is 14.1. The van der Waals surface area contributed by atoms with Crippen molar-refractivity contribution < 1.29 is 9.18 Å². The van der Waals surface area contributed by atoms with Gasteiger partial charge in [-0.15, -0.1) is 0 Å². The predicted molar refractivity (Wildman–Crippen MR) is 116 cm³/mol. The van der Waals surface area contributed by atoms with E-state index in [1.165, 1.54) is 6.07 Å². The molecule has 0 spiro atoms. The number of carbonyl (C=O) groups excluding carboxylic acids is 1. The van der Waals surface area contributed by atoms with E-state index in [0.29, 0.717) is 17.8 Å². The molecule has 1 amide bonds. The van der Waals surface area contributed by atoms with Crippen molar-refractivity contribution in [2.75, 3.05) is 13.1 Å². The van der Waals surface area contributed by atoms with E-state index in [2.05, 4.69) is 20.4 Å². The van der Waals surface area contributed by atoms with E-state index in [1.807, 2.05) is 43.0 Å². The Labute approximate surface area is 181 Å². The fraction of sp³-hybridized carbons (Fsp3) is 0.435. The normalized spacial score (nSPS) is 16.4. The van der Waals surface area contributed by atoms with Gasteiger partial charge in [-0.25, -0.2) is 4.39 Å². The van der Waals surface area contributed by atoms with Gasteiger partial charge < -0.3 is 5.32 Å². The molecule has 1 aromatic carbocycles. The van der Waals surface area contributed by atoms with Crippen molar-refractivity contribution >= 4 is 5.91 Å². The SMILES string of the molecule is C[C@@H](Cn1cccn1)C(=O)NC1CCN(Cc2cc(-c3ccccc3F)nn2C)CC1. The number of aromatic nitrogens is 4. The number of halogens is 1. The van der Waals surface area contributed by atoms with E-state index < -0.39 is 0 Å². The van der Waals surface area contributed by atoms with Gasteiger partial charge in [-0.3, -0.25) is 19.1 Å². The average molecular weight is 425 g/mol. The molecule has 3 aromatic rings. The Morgan fingerprint density at radius 3 is 2.74 bits per heavy atom. The van der Waals surface area contributed by atoms with Gasteiger partial charge in [0.15, 0.2) is 0 Å². The third-order valence-electron chi connectivity index (χ3n) is 5.91. The summed E-state index contributed by atoms with van der Waals surface area (Å²) in [5.74, 6) is -0.301. The summed E-state index contributed by atoms with van der Waals surface area (Å²) in [6.07, 6.45) is 5.43. The number of nitrogens with zero attached hydrogens (tertiary/aromatic N) is 5. The lowest BCUT2D eigenvalue weighted by atomic mass is 10.0.